The third kappa shape index (κ3) is 2.34. The van der Waals surface area contributed by atoms with Gasteiger partial charge in [-0.05, 0) is 19.1 Å². The Morgan fingerprint density at radius 3 is 2.89 bits per heavy atom. The van der Waals surface area contributed by atoms with Gasteiger partial charge in [-0.3, -0.25) is 4.90 Å². The first kappa shape index (κ1) is 11.9. The van der Waals surface area contributed by atoms with Crippen LogP contribution in [0.2, 0.25) is 0 Å². The van der Waals surface area contributed by atoms with Crippen molar-refractivity contribution >= 4 is 11.3 Å². The summed E-state index contributed by atoms with van der Waals surface area (Å²) in [6, 6.07) is 4.16. The second-order valence-electron chi connectivity index (χ2n) is 4.53. The molecule has 1 unspecified atom stereocenters. The van der Waals surface area contributed by atoms with Gasteiger partial charge < -0.3 is 9.73 Å². The van der Waals surface area contributed by atoms with Crippen molar-refractivity contribution in [2.24, 2.45) is 0 Å². The highest BCUT2D eigenvalue weighted by atomic mass is 32.1. The van der Waals surface area contributed by atoms with Gasteiger partial charge >= 0.3 is 0 Å². The first-order valence-electron chi connectivity index (χ1n) is 6.25. The molecule has 0 amide bonds. The average molecular weight is 263 g/mol. The number of thiazole rings is 1. The molecule has 1 atom stereocenters. The number of aromatic nitrogens is 1. The summed E-state index contributed by atoms with van der Waals surface area (Å²) in [6.07, 6.45) is 1.74. The molecule has 0 radical (unpaired) electrons. The van der Waals surface area contributed by atoms with Gasteiger partial charge in [-0.25, -0.2) is 4.98 Å². The average Bonchev–Trinajstić information content (AvgIpc) is 3.04. The number of nitrogens with zero attached hydrogens (tertiary/aromatic N) is 2. The zero-order chi connectivity index (χ0) is 12.4. The van der Waals surface area contributed by atoms with E-state index >= 15 is 0 Å². The molecule has 96 valence electrons. The van der Waals surface area contributed by atoms with E-state index in [1.807, 2.05) is 19.1 Å². The molecule has 0 aromatic carbocycles. The number of nitrogens with one attached hydrogen (secondary N) is 1. The number of piperazine rings is 1. The van der Waals surface area contributed by atoms with E-state index in [4.69, 9.17) is 4.42 Å². The Kier molecular flexibility index (Phi) is 3.45. The highest BCUT2D eigenvalue weighted by Crippen LogP contribution is 2.31. The van der Waals surface area contributed by atoms with E-state index in [9.17, 15) is 0 Å². The Morgan fingerprint density at radius 2 is 2.28 bits per heavy atom. The maximum atomic E-state index is 5.62. The van der Waals surface area contributed by atoms with Crippen LogP contribution >= 0.6 is 11.3 Å². The van der Waals surface area contributed by atoms with Crippen LogP contribution in [0.3, 0.4) is 0 Å². The van der Waals surface area contributed by atoms with E-state index in [1.165, 1.54) is 0 Å². The Balaban J connectivity index is 1.92. The molecule has 1 N–H and O–H groups in total. The predicted molar refractivity (Wildman–Crippen MR) is 71.8 cm³/mol. The normalized spacial score (nSPS) is 18.9. The lowest BCUT2D eigenvalue weighted by Crippen LogP contribution is -2.45. The smallest absolute Gasteiger partial charge is 0.127 e. The first-order chi connectivity index (χ1) is 8.84. The summed E-state index contributed by atoms with van der Waals surface area (Å²) in [5.74, 6) is 0.992. The minimum absolute atomic E-state index is 0.167. The van der Waals surface area contributed by atoms with Crippen molar-refractivity contribution in [3.05, 3.63) is 40.2 Å². The molecule has 1 saturated heterocycles. The summed E-state index contributed by atoms with van der Waals surface area (Å²) in [4.78, 5) is 7.08. The van der Waals surface area contributed by atoms with Crippen LogP contribution in [0, 0.1) is 6.92 Å². The van der Waals surface area contributed by atoms with Gasteiger partial charge in [0.15, 0.2) is 0 Å². The van der Waals surface area contributed by atoms with Crippen LogP contribution in [0.5, 0.6) is 0 Å². The summed E-state index contributed by atoms with van der Waals surface area (Å²) in [7, 11) is 0. The molecule has 0 bridgehead atoms. The van der Waals surface area contributed by atoms with E-state index in [0.717, 1.165) is 42.6 Å². The summed E-state index contributed by atoms with van der Waals surface area (Å²) < 4.78 is 5.62. The van der Waals surface area contributed by atoms with Crippen LogP contribution in [-0.2, 0) is 0 Å². The van der Waals surface area contributed by atoms with Gasteiger partial charge in [0.05, 0.1) is 6.26 Å². The number of hydrogen-bond donors (Lipinski definition) is 1. The van der Waals surface area contributed by atoms with Crippen LogP contribution in [-0.4, -0.2) is 36.1 Å². The number of hydrogen-bond acceptors (Lipinski definition) is 5. The van der Waals surface area contributed by atoms with E-state index in [0.29, 0.717) is 0 Å². The molecular weight excluding hydrogens is 246 g/mol. The predicted octanol–water partition coefficient (Wildman–Crippen LogP) is 2.04. The molecule has 2 aromatic rings. The highest BCUT2D eigenvalue weighted by molar-refractivity contribution is 7.09. The molecule has 1 aliphatic rings. The zero-order valence-corrected chi connectivity index (χ0v) is 11.2. The van der Waals surface area contributed by atoms with Crippen LogP contribution in [0.4, 0.5) is 0 Å². The SMILES string of the molecule is Cc1csc(C(c2ccco2)N2CCNCC2)n1. The van der Waals surface area contributed by atoms with Gasteiger partial charge in [-0.2, -0.15) is 0 Å². The summed E-state index contributed by atoms with van der Waals surface area (Å²) in [5, 5.41) is 6.62. The first-order valence-corrected chi connectivity index (χ1v) is 7.13. The summed E-state index contributed by atoms with van der Waals surface area (Å²) in [5.41, 5.74) is 1.08. The van der Waals surface area contributed by atoms with Crippen molar-refractivity contribution in [1.82, 2.24) is 15.2 Å². The van der Waals surface area contributed by atoms with Gasteiger partial charge in [0.25, 0.3) is 0 Å². The standard InChI is InChI=1S/C13H17N3OS/c1-10-9-18-13(15-10)12(11-3-2-8-17-11)16-6-4-14-5-7-16/h2-3,8-9,12,14H,4-7H2,1H3. The number of rotatable bonds is 3. The molecule has 1 fully saturated rings. The van der Waals surface area contributed by atoms with Crippen molar-refractivity contribution < 1.29 is 4.42 Å². The molecule has 2 aromatic heterocycles. The molecule has 5 heteroatoms. The minimum atomic E-state index is 0.167. The van der Waals surface area contributed by atoms with Crippen LogP contribution in [0.25, 0.3) is 0 Å². The highest BCUT2D eigenvalue weighted by Gasteiger charge is 2.28. The van der Waals surface area contributed by atoms with Crippen LogP contribution < -0.4 is 5.32 Å². The largest absolute Gasteiger partial charge is 0.467 e. The lowest BCUT2D eigenvalue weighted by atomic mass is 10.1. The van der Waals surface area contributed by atoms with E-state index in [-0.39, 0.29) is 6.04 Å². The molecule has 4 nitrogen and oxygen atoms in total. The molecule has 3 rings (SSSR count). The fourth-order valence-corrected chi connectivity index (χ4v) is 3.28. The molecule has 1 aliphatic heterocycles. The third-order valence-electron chi connectivity index (χ3n) is 3.20. The molecular formula is C13H17N3OS. The quantitative estimate of drug-likeness (QED) is 0.920. The fraction of sp³-hybridized carbons (Fsp3) is 0.462. The Labute approximate surface area is 111 Å². The van der Waals surface area contributed by atoms with Gasteiger partial charge in [-0.1, -0.05) is 0 Å². The monoisotopic (exact) mass is 263 g/mol. The molecule has 0 aliphatic carbocycles. The van der Waals surface area contributed by atoms with Crippen molar-refractivity contribution in [1.29, 1.82) is 0 Å². The summed E-state index contributed by atoms with van der Waals surface area (Å²) >= 11 is 1.72. The van der Waals surface area contributed by atoms with Gasteiger partial charge in [-0.15, -0.1) is 11.3 Å². The Bertz CT molecular complexity index is 488. The van der Waals surface area contributed by atoms with E-state index in [2.05, 4.69) is 20.6 Å². The number of aryl methyl sites for hydroxylation is 1. The second kappa shape index (κ2) is 5.22. The van der Waals surface area contributed by atoms with Crippen LogP contribution in [0.1, 0.15) is 22.5 Å². The second-order valence-corrected chi connectivity index (χ2v) is 5.42. The Hall–Kier alpha value is -1.17. The van der Waals surface area contributed by atoms with Gasteiger partial charge in [0, 0.05) is 37.3 Å². The van der Waals surface area contributed by atoms with Gasteiger partial charge in [0.1, 0.15) is 16.8 Å². The van der Waals surface area contributed by atoms with Crippen molar-refractivity contribution in [2.45, 2.75) is 13.0 Å². The lowest BCUT2D eigenvalue weighted by molar-refractivity contribution is 0.179. The zero-order valence-electron chi connectivity index (χ0n) is 10.4. The maximum absolute atomic E-state index is 5.62. The topological polar surface area (TPSA) is 41.3 Å². The summed E-state index contributed by atoms with van der Waals surface area (Å²) in [6.45, 7) is 6.16. The molecule has 3 heterocycles. The van der Waals surface area contributed by atoms with E-state index < -0.39 is 0 Å². The van der Waals surface area contributed by atoms with Crippen LogP contribution in [0.15, 0.2) is 28.2 Å². The van der Waals surface area contributed by atoms with Crippen molar-refractivity contribution in [3.8, 4) is 0 Å². The minimum Gasteiger partial charge on any atom is -0.467 e. The van der Waals surface area contributed by atoms with Gasteiger partial charge in [0.2, 0.25) is 0 Å². The fourth-order valence-electron chi connectivity index (χ4n) is 2.34. The van der Waals surface area contributed by atoms with Crippen molar-refractivity contribution in [3.63, 3.8) is 0 Å². The molecule has 18 heavy (non-hydrogen) atoms. The molecule has 0 saturated carbocycles. The third-order valence-corrected chi connectivity index (χ3v) is 4.22. The molecule has 0 spiro atoms. The number of furan rings is 1. The lowest BCUT2D eigenvalue weighted by Gasteiger charge is -2.32. The maximum Gasteiger partial charge on any atom is 0.127 e. The van der Waals surface area contributed by atoms with Crippen molar-refractivity contribution in [2.75, 3.05) is 26.2 Å². The van der Waals surface area contributed by atoms with E-state index in [1.54, 1.807) is 17.6 Å². The Morgan fingerprint density at radius 1 is 1.44 bits per heavy atom.